The molecule has 4 heteroatoms. The maximum absolute atomic E-state index is 5.95. The molecule has 2 aromatic rings. The van der Waals surface area contributed by atoms with E-state index in [1.165, 1.54) is 11.3 Å². The van der Waals surface area contributed by atoms with Crippen molar-refractivity contribution in [3.63, 3.8) is 0 Å². The molecule has 2 nitrogen and oxygen atoms in total. The molecule has 0 amide bonds. The van der Waals surface area contributed by atoms with Crippen LogP contribution in [0.3, 0.4) is 0 Å². The first-order valence-corrected chi connectivity index (χ1v) is 8.34. The van der Waals surface area contributed by atoms with Crippen molar-refractivity contribution in [2.45, 2.75) is 20.4 Å². The zero-order valence-corrected chi connectivity index (χ0v) is 14.7. The number of benzene rings is 2. The van der Waals surface area contributed by atoms with E-state index in [0.29, 0.717) is 0 Å². The summed E-state index contributed by atoms with van der Waals surface area (Å²) in [5.41, 5.74) is 3.58. The monoisotopic (exact) mass is 366 g/mol. The first-order valence-electron chi connectivity index (χ1n) is 7.16. The highest BCUT2D eigenvalue weighted by Crippen LogP contribution is 2.26. The Morgan fingerprint density at radius 3 is 2.29 bits per heavy atom. The molecule has 0 aliphatic carbocycles. The standard InChI is InChI=1S/C17H20BrClN2/c1-3-21(4-2)15-8-5-13(6-9-15)12-20-17-10-7-14(19)11-16(17)18/h5-11,20H,3-4,12H2,1-2H3. The van der Waals surface area contributed by atoms with Gasteiger partial charge in [-0.3, -0.25) is 0 Å². The van der Waals surface area contributed by atoms with E-state index < -0.39 is 0 Å². The molecule has 0 saturated carbocycles. The Balaban J connectivity index is 2.00. The zero-order chi connectivity index (χ0) is 15.2. The van der Waals surface area contributed by atoms with Gasteiger partial charge in [-0.15, -0.1) is 0 Å². The van der Waals surface area contributed by atoms with Crippen LogP contribution in [0, 0.1) is 0 Å². The molecule has 21 heavy (non-hydrogen) atoms. The van der Waals surface area contributed by atoms with Crippen molar-refractivity contribution in [2.24, 2.45) is 0 Å². The molecule has 0 fully saturated rings. The Kier molecular flexibility index (Phi) is 5.95. The number of hydrogen-bond acceptors (Lipinski definition) is 2. The molecule has 0 aliphatic heterocycles. The van der Waals surface area contributed by atoms with Crippen LogP contribution in [0.1, 0.15) is 19.4 Å². The van der Waals surface area contributed by atoms with Crippen LogP contribution in [0.15, 0.2) is 46.9 Å². The van der Waals surface area contributed by atoms with Crippen molar-refractivity contribution in [2.75, 3.05) is 23.3 Å². The highest BCUT2D eigenvalue weighted by Gasteiger charge is 2.03. The molecule has 0 aromatic heterocycles. The van der Waals surface area contributed by atoms with Gasteiger partial charge in [0, 0.05) is 40.5 Å². The third-order valence-corrected chi connectivity index (χ3v) is 4.37. The summed E-state index contributed by atoms with van der Waals surface area (Å²) in [5, 5.41) is 4.15. The normalized spacial score (nSPS) is 10.5. The van der Waals surface area contributed by atoms with E-state index in [0.717, 1.165) is 34.8 Å². The van der Waals surface area contributed by atoms with E-state index in [9.17, 15) is 0 Å². The Morgan fingerprint density at radius 1 is 1.05 bits per heavy atom. The summed E-state index contributed by atoms with van der Waals surface area (Å²) in [6.45, 7) is 7.21. The predicted molar refractivity (Wildman–Crippen MR) is 96.5 cm³/mol. The first-order chi connectivity index (χ1) is 10.1. The summed E-state index contributed by atoms with van der Waals surface area (Å²) in [7, 11) is 0. The topological polar surface area (TPSA) is 15.3 Å². The van der Waals surface area contributed by atoms with Gasteiger partial charge in [-0.1, -0.05) is 23.7 Å². The number of nitrogens with one attached hydrogen (secondary N) is 1. The van der Waals surface area contributed by atoms with Crippen molar-refractivity contribution in [3.05, 3.63) is 57.5 Å². The fourth-order valence-corrected chi connectivity index (χ4v) is 3.07. The number of halogens is 2. The quantitative estimate of drug-likeness (QED) is 0.719. The summed E-state index contributed by atoms with van der Waals surface area (Å²) in [6.07, 6.45) is 0. The SMILES string of the molecule is CCN(CC)c1ccc(CNc2ccc(Cl)cc2Br)cc1. The predicted octanol–water partition coefficient (Wildman–Crippen LogP) is 5.56. The van der Waals surface area contributed by atoms with Crippen LogP contribution < -0.4 is 10.2 Å². The van der Waals surface area contributed by atoms with Crippen LogP contribution >= 0.6 is 27.5 Å². The first kappa shape index (κ1) is 16.2. The van der Waals surface area contributed by atoms with Gasteiger partial charge in [-0.2, -0.15) is 0 Å². The van der Waals surface area contributed by atoms with Gasteiger partial charge in [0.25, 0.3) is 0 Å². The average molecular weight is 368 g/mol. The summed E-state index contributed by atoms with van der Waals surface area (Å²) >= 11 is 9.46. The lowest BCUT2D eigenvalue weighted by Gasteiger charge is -2.21. The molecule has 0 radical (unpaired) electrons. The van der Waals surface area contributed by atoms with E-state index in [4.69, 9.17) is 11.6 Å². The van der Waals surface area contributed by atoms with Crippen molar-refractivity contribution in [3.8, 4) is 0 Å². The van der Waals surface area contributed by atoms with Gasteiger partial charge in [0.2, 0.25) is 0 Å². The van der Waals surface area contributed by atoms with Gasteiger partial charge in [0.15, 0.2) is 0 Å². The van der Waals surface area contributed by atoms with Crippen LogP contribution in [-0.2, 0) is 6.54 Å². The smallest absolute Gasteiger partial charge is 0.0488 e. The molecule has 112 valence electrons. The lowest BCUT2D eigenvalue weighted by molar-refractivity contribution is 0.865. The van der Waals surface area contributed by atoms with Crippen molar-refractivity contribution >= 4 is 38.9 Å². The minimum Gasteiger partial charge on any atom is -0.380 e. The third-order valence-electron chi connectivity index (χ3n) is 3.48. The van der Waals surface area contributed by atoms with Crippen LogP contribution in [0.2, 0.25) is 5.02 Å². The largest absolute Gasteiger partial charge is 0.380 e. The third kappa shape index (κ3) is 4.39. The van der Waals surface area contributed by atoms with Gasteiger partial charge in [0.1, 0.15) is 0 Å². The van der Waals surface area contributed by atoms with Gasteiger partial charge < -0.3 is 10.2 Å². The van der Waals surface area contributed by atoms with Crippen molar-refractivity contribution in [1.82, 2.24) is 0 Å². The van der Waals surface area contributed by atoms with E-state index in [1.807, 2.05) is 18.2 Å². The molecule has 0 heterocycles. The second-order valence-electron chi connectivity index (χ2n) is 4.82. The number of nitrogens with zero attached hydrogens (tertiary/aromatic N) is 1. The molecule has 0 saturated heterocycles. The molecule has 0 unspecified atom stereocenters. The second-order valence-corrected chi connectivity index (χ2v) is 6.11. The number of anilines is 2. The summed E-state index contributed by atoms with van der Waals surface area (Å²) < 4.78 is 0.981. The number of hydrogen-bond donors (Lipinski definition) is 1. The Bertz CT molecular complexity index is 580. The maximum atomic E-state index is 5.95. The Morgan fingerprint density at radius 2 is 1.71 bits per heavy atom. The van der Waals surface area contributed by atoms with Crippen LogP contribution in [0.4, 0.5) is 11.4 Å². The molecule has 0 atom stereocenters. The van der Waals surface area contributed by atoms with Crippen LogP contribution in [0.5, 0.6) is 0 Å². The van der Waals surface area contributed by atoms with E-state index >= 15 is 0 Å². The minimum absolute atomic E-state index is 0.732. The van der Waals surface area contributed by atoms with E-state index in [1.54, 1.807) is 0 Å². The van der Waals surface area contributed by atoms with Gasteiger partial charge in [-0.05, 0) is 65.7 Å². The number of rotatable bonds is 6. The fraction of sp³-hybridized carbons (Fsp3) is 0.294. The van der Waals surface area contributed by atoms with Crippen LogP contribution in [-0.4, -0.2) is 13.1 Å². The molecule has 0 bridgehead atoms. The fourth-order valence-electron chi connectivity index (χ4n) is 2.24. The van der Waals surface area contributed by atoms with Gasteiger partial charge in [0.05, 0.1) is 0 Å². The zero-order valence-electron chi connectivity index (χ0n) is 12.4. The molecule has 0 aliphatic rings. The van der Waals surface area contributed by atoms with E-state index in [-0.39, 0.29) is 0 Å². The van der Waals surface area contributed by atoms with Crippen LogP contribution in [0.25, 0.3) is 0 Å². The molecular formula is C17H20BrClN2. The molecular weight excluding hydrogens is 348 g/mol. The lowest BCUT2D eigenvalue weighted by atomic mass is 10.2. The Hall–Kier alpha value is -1.19. The van der Waals surface area contributed by atoms with Gasteiger partial charge >= 0.3 is 0 Å². The average Bonchev–Trinajstić information content (AvgIpc) is 2.49. The lowest BCUT2D eigenvalue weighted by Crippen LogP contribution is -2.21. The highest BCUT2D eigenvalue weighted by molar-refractivity contribution is 9.10. The Labute approximate surface area is 140 Å². The maximum Gasteiger partial charge on any atom is 0.0488 e. The molecule has 2 aromatic carbocycles. The van der Waals surface area contributed by atoms with Gasteiger partial charge in [-0.25, -0.2) is 0 Å². The molecule has 2 rings (SSSR count). The molecule has 0 spiro atoms. The minimum atomic E-state index is 0.732. The summed E-state index contributed by atoms with van der Waals surface area (Å²) in [5.74, 6) is 0. The van der Waals surface area contributed by atoms with E-state index in [2.05, 4.69) is 64.3 Å². The van der Waals surface area contributed by atoms with Crippen molar-refractivity contribution < 1.29 is 0 Å². The second kappa shape index (κ2) is 7.71. The highest BCUT2D eigenvalue weighted by atomic mass is 79.9. The summed E-state index contributed by atoms with van der Waals surface area (Å²) in [6, 6.07) is 14.5. The molecule has 1 N–H and O–H groups in total. The van der Waals surface area contributed by atoms with Crippen molar-refractivity contribution in [1.29, 1.82) is 0 Å². The summed E-state index contributed by atoms with van der Waals surface area (Å²) in [4.78, 5) is 2.34.